The van der Waals surface area contributed by atoms with Gasteiger partial charge >= 0.3 is 24.7 Å². The van der Waals surface area contributed by atoms with Crippen LogP contribution in [0.1, 0.15) is 11.5 Å². The molecule has 0 aliphatic rings. The van der Waals surface area contributed by atoms with Gasteiger partial charge in [-0.15, -0.1) is 0 Å². The topological polar surface area (TPSA) is 77.2 Å². The molecule has 1 heterocycles. The molecule has 2 rings (SSSR count). The number of alkyl halides is 5. The van der Waals surface area contributed by atoms with Gasteiger partial charge in [-0.05, 0) is 30.7 Å². The Labute approximate surface area is 125 Å². The lowest BCUT2D eigenvalue weighted by Gasteiger charge is -2.07. The maximum absolute atomic E-state index is 12.4. The molecule has 0 saturated carbocycles. The molecule has 0 bridgehead atoms. The van der Waals surface area contributed by atoms with Crippen LogP contribution in [0, 0.1) is 6.92 Å². The second-order valence-electron chi connectivity index (χ2n) is 4.23. The average Bonchev–Trinajstić information content (AvgIpc) is 2.86. The highest BCUT2D eigenvalue weighted by atomic mass is 19.4. The zero-order chi connectivity index (χ0) is 17.2. The van der Waals surface area contributed by atoms with Gasteiger partial charge in [0.1, 0.15) is 5.75 Å². The molecule has 124 valence electrons. The first kappa shape index (κ1) is 16.6. The van der Waals surface area contributed by atoms with Crippen LogP contribution in [0.15, 0.2) is 22.7 Å². The minimum atomic E-state index is -4.77. The van der Waals surface area contributed by atoms with Crippen molar-refractivity contribution in [3.8, 4) is 17.1 Å². The highest BCUT2D eigenvalue weighted by Crippen LogP contribution is 2.31. The molecule has 0 atom stereocenters. The van der Waals surface area contributed by atoms with Crippen LogP contribution in [0.2, 0.25) is 0 Å². The van der Waals surface area contributed by atoms with E-state index in [2.05, 4.69) is 19.4 Å². The van der Waals surface area contributed by atoms with Crippen LogP contribution in [0.25, 0.3) is 11.4 Å². The van der Waals surface area contributed by atoms with Crippen molar-refractivity contribution in [2.45, 2.75) is 19.6 Å². The number of hydrogen-bond acceptors (Lipinski definition) is 5. The van der Waals surface area contributed by atoms with Crippen molar-refractivity contribution in [1.29, 1.82) is 0 Å². The quantitative estimate of drug-likeness (QED) is 0.686. The zero-order valence-corrected chi connectivity index (χ0v) is 11.3. The fourth-order valence-electron chi connectivity index (χ4n) is 1.62. The summed E-state index contributed by atoms with van der Waals surface area (Å²) in [6.07, 6.45) is -6.14. The Morgan fingerprint density at radius 2 is 2.04 bits per heavy atom. The molecule has 0 saturated heterocycles. The lowest BCUT2D eigenvalue weighted by molar-refractivity contribution is -0.159. The summed E-state index contributed by atoms with van der Waals surface area (Å²) in [5.41, 5.74) is 0.549. The SMILES string of the molecule is Cc1cc(OC(=O)NC(F)F)ccc1-c1noc(C(F)(F)F)n1. The zero-order valence-electron chi connectivity index (χ0n) is 11.3. The normalized spacial score (nSPS) is 11.6. The molecule has 0 fully saturated rings. The van der Waals surface area contributed by atoms with Gasteiger partial charge < -0.3 is 9.26 Å². The van der Waals surface area contributed by atoms with Crippen molar-refractivity contribution < 1.29 is 36.0 Å². The highest BCUT2D eigenvalue weighted by molar-refractivity contribution is 5.71. The second-order valence-corrected chi connectivity index (χ2v) is 4.23. The summed E-state index contributed by atoms with van der Waals surface area (Å²) in [4.78, 5) is 14.2. The van der Waals surface area contributed by atoms with E-state index in [4.69, 9.17) is 0 Å². The number of nitrogens with zero attached hydrogens (tertiary/aromatic N) is 2. The third-order valence-corrected chi connectivity index (χ3v) is 2.54. The number of carbonyl (C=O) groups is 1. The van der Waals surface area contributed by atoms with E-state index in [1.54, 1.807) is 0 Å². The maximum Gasteiger partial charge on any atom is 0.471 e. The van der Waals surface area contributed by atoms with Gasteiger partial charge in [0.2, 0.25) is 5.82 Å². The molecular formula is C12H8F5N3O3. The molecule has 1 aromatic heterocycles. The third-order valence-electron chi connectivity index (χ3n) is 2.54. The number of aryl methyl sites for hydroxylation is 1. The van der Waals surface area contributed by atoms with Gasteiger partial charge in [-0.2, -0.15) is 26.9 Å². The fourth-order valence-corrected chi connectivity index (χ4v) is 1.62. The number of halogens is 5. The monoisotopic (exact) mass is 337 g/mol. The van der Waals surface area contributed by atoms with Crippen molar-refractivity contribution in [2.24, 2.45) is 0 Å². The summed E-state index contributed by atoms with van der Waals surface area (Å²) in [5.74, 6) is -1.88. The lowest BCUT2D eigenvalue weighted by atomic mass is 10.1. The van der Waals surface area contributed by atoms with Crippen molar-refractivity contribution in [1.82, 2.24) is 15.5 Å². The molecule has 1 amide bonds. The summed E-state index contributed by atoms with van der Waals surface area (Å²) in [7, 11) is 0. The summed E-state index contributed by atoms with van der Waals surface area (Å²) in [6.45, 7) is -1.60. The number of benzene rings is 1. The second kappa shape index (κ2) is 6.18. The number of hydrogen-bond donors (Lipinski definition) is 1. The van der Waals surface area contributed by atoms with Gasteiger partial charge in [0.15, 0.2) is 0 Å². The van der Waals surface area contributed by atoms with Crippen LogP contribution < -0.4 is 10.1 Å². The maximum atomic E-state index is 12.4. The first-order valence-corrected chi connectivity index (χ1v) is 5.95. The van der Waals surface area contributed by atoms with E-state index >= 15 is 0 Å². The molecule has 6 nitrogen and oxygen atoms in total. The molecular weight excluding hydrogens is 329 g/mol. The predicted octanol–water partition coefficient (Wildman–Crippen LogP) is 3.37. The summed E-state index contributed by atoms with van der Waals surface area (Å²) in [5, 5.41) is 4.44. The minimum absolute atomic E-state index is 0.0797. The van der Waals surface area contributed by atoms with Gasteiger partial charge in [0, 0.05) is 5.56 Å². The van der Waals surface area contributed by atoms with Gasteiger partial charge in [0.25, 0.3) is 0 Å². The van der Waals surface area contributed by atoms with E-state index in [9.17, 15) is 26.7 Å². The number of rotatable bonds is 3. The van der Waals surface area contributed by atoms with Crippen LogP contribution >= 0.6 is 0 Å². The fraction of sp³-hybridized carbons (Fsp3) is 0.250. The van der Waals surface area contributed by atoms with Crippen LogP contribution in [0.4, 0.5) is 26.7 Å². The van der Waals surface area contributed by atoms with Gasteiger partial charge in [0.05, 0.1) is 0 Å². The Balaban J connectivity index is 2.19. The highest BCUT2D eigenvalue weighted by Gasteiger charge is 2.38. The van der Waals surface area contributed by atoms with Crippen molar-refractivity contribution in [3.05, 3.63) is 29.7 Å². The van der Waals surface area contributed by atoms with E-state index in [1.165, 1.54) is 30.4 Å². The Hall–Kier alpha value is -2.72. The largest absolute Gasteiger partial charge is 0.471 e. The molecule has 0 aliphatic heterocycles. The Kier molecular flexibility index (Phi) is 4.48. The molecule has 0 radical (unpaired) electrons. The smallest absolute Gasteiger partial charge is 0.410 e. The number of carbonyl (C=O) groups excluding carboxylic acids is 1. The van der Waals surface area contributed by atoms with E-state index < -0.39 is 24.7 Å². The minimum Gasteiger partial charge on any atom is -0.410 e. The van der Waals surface area contributed by atoms with Crippen LogP contribution in [0.3, 0.4) is 0 Å². The molecule has 23 heavy (non-hydrogen) atoms. The molecule has 2 aromatic rings. The Morgan fingerprint density at radius 1 is 1.35 bits per heavy atom. The molecule has 1 N–H and O–H groups in total. The van der Waals surface area contributed by atoms with Crippen LogP contribution in [-0.4, -0.2) is 22.8 Å². The molecule has 11 heteroatoms. The standard InChI is InChI=1S/C12H8F5N3O3/c1-5-4-6(22-11(21)19-10(13)14)2-3-7(5)8-18-9(23-20-8)12(15,16)17/h2-4,10H,1H3,(H,19,21). The van der Waals surface area contributed by atoms with Crippen LogP contribution in [0.5, 0.6) is 5.75 Å². The van der Waals surface area contributed by atoms with Gasteiger partial charge in [-0.1, -0.05) is 5.16 Å². The van der Waals surface area contributed by atoms with Crippen molar-refractivity contribution >= 4 is 6.09 Å². The van der Waals surface area contributed by atoms with Crippen LogP contribution in [-0.2, 0) is 6.18 Å². The number of nitrogens with one attached hydrogen (secondary N) is 1. The molecule has 0 spiro atoms. The average molecular weight is 337 g/mol. The van der Waals surface area contributed by atoms with E-state index in [0.717, 1.165) is 0 Å². The molecule has 1 aromatic carbocycles. The van der Waals surface area contributed by atoms with E-state index in [-0.39, 0.29) is 17.1 Å². The molecule has 0 unspecified atom stereocenters. The summed E-state index contributed by atoms with van der Waals surface area (Å²) >= 11 is 0. The van der Waals surface area contributed by atoms with Gasteiger partial charge in [-0.3, -0.25) is 5.32 Å². The summed E-state index contributed by atoms with van der Waals surface area (Å²) < 4.78 is 69.8. The Morgan fingerprint density at radius 3 is 2.57 bits per heavy atom. The third kappa shape index (κ3) is 4.14. The number of amides is 1. The first-order chi connectivity index (χ1) is 10.7. The first-order valence-electron chi connectivity index (χ1n) is 5.95. The number of aromatic nitrogens is 2. The van der Waals surface area contributed by atoms with E-state index in [0.29, 0.717) is 5.56 Å². The van der Waals surface area contributed by atoms with Gasteiger partial charge in [-0.25, -0.2) is 4.79 Å². The number of ether oxygens (including phenoxy) is 1. The molecule has 0 aliphatic carbocycles. The van der Waals surface area contributed by atoms with Crippen molar-refractivity contribution in [3.63, 3.8) is 0 Å². The summed E-state index contributed by atoms with van der Waals surface area (Å²) in [6, 6.07) is 3.71. The lowest BCUT2D eigenvalue weighted by Crippen LogP contribution is -2.31. The van der Waals surface area contributed by atoms with Crippen molar-refractivity contribution in [2.75, 3.05) is 0 Å². The Bertz CT molecular complexity index is 714. The van der Waals surface area contributed by atoms with E-state index in [1.807, 2.05) is 0 Å². The predicted molar refractivity (Wildman–Crippen MR) is 64.6 cm³/mol.